The third-order valence-corrected chi connectivity index (χ3v) is 3.18. The standard InChI is InChI=1S/C10H11Cl2N3O4/c11-8(12)6-7(17)4(3-16)19-9(6)15-2-1-5(13)14-10(15)18/h1-2,4,7,9,16-17H,3H2,(H2,13,14,18)/t4-,7?,9-/m1/s1. The number of hydrogen-bond donors (Lipinski definition) is 3. The van der Waals surface area contributed by atoms with Crippen LogP contribution >= 0.6 is 23.2 Å². The summed E-state index contributed by atoms with van der Waals surface area (Å²) in [6.45, 7) is -0.445. The van der Waals surface area contributed by atoms with Crippen LogP contribution in [0.1, 0.15) is 6.23 Å². The van der Waals surface area contributed by atoms with Gasteiger partial charge in [0.25, 0.3) is 0 Å². The van der Waals surface area contributed by atoms with E-state index in [0.717, 1.165) is 4.57 Å². The van der Waals surface area contributed by atoms with E-state index in [9.17, 15) is 9.90 Å². The van der Waals surface area contributed by atoms with Crippen LogP contribution in [-0.2, 0) is 4.74 Å². The molecule has 0 aliphatic carbocycles. The number of nitrogens with zero attached hydrogens (tertiary/aromatic N) is 2. The van der Waals surface area contributed by atoms with Crippen molar-refractivity contribution in [1.29, 1.82) is 0 Å². The van der Waals surface area contributed by atoms with Crippen LogP contribution < -0.4 is 11.4 Å². The van der Waals surface area contributed by atoms with Crippen molar-refractivity contribution in [3.05, 3.63) is 32.8 Å². The average molecular weight is 308 g/mol. The van der Waals surface area contributed by atoms with E-state index in [1.807, 2.05) is 0 Å². The van der Waals surface area contributed by atoms with Gasteiger partial charge in [0.05, 0.1) is 6.61 Å². The Morgan fingerprint density at radius 2 is 2.26 bits per heavy atom. The normalized spacial score (nSPS) is 26.7. The monoisotopic (exact) mass is 307 g/mol. The highest BCUT2D eigenvalue weighted by molar-refractivity contribution is 6.56. The molecule has 0 saturated carbocycles. The fraction of sp³-hybridized carbons (Fsp3) is 0.400. The van der Waals surface area contributed by atoms with E-state index in [4.69, 9.17) is 38.8 Å². The third-order valence-electron chi connectivity index (χ3n) is 2.74. The van der Waals surface area contributed by atoms with Crippen LogP contribution in [0.25, 0.3) is 0 Å². The Kier molecular flexibility index (Phi) is 4.12. The summed E-state index contributed by atoms with van der Waals surface area (Å²) in [5.74, 6) is 0.0565. The van der Waals surface area contributed by atoms with Gasteiger partial charge in [-0.3, -0.25) is 4.57 Å². The number of nitrogen functional groups attached to an aromatic ring is 1. The van der Waals surface area contributed by atoms with Gasteiger partial charge in [0, 0.05) is 11.8 Å². The van der Waals surface area contributed by atoms with Gasteiger partial charge in [-0.15, -0.1) is 0 Å². The number of rotatable bonds is 2. The highest BCUT2D eigenvalue weighted by atomic mass is 35.5. The zero-order valence-electron chi connectivity index (χ0n) is 9.53. The van der Waals surface area contributed by atoms with E-state index in [1.54, 1.807) is 0 Å². The summed E-state index contributed by atoms with van der Waals surface area (Å²) in [4.78, 5) is 15.3. The molecule has 1 unspecified atom stereocenters. The summed E-state index contributed by atoms with van der Waals surface area (Å²) in [5.41, 5.74) is 4.80. The molecule has 1 aliphatic rings. The highest BCUT2D eigenvalue weighted by Gasteiger charge is 2.41. The molecular formula is C10H11Cl2N3O4. The van der Waals surface area contributed by atoms with E-state index in [-0.39, 0.29) is 15.9 Å². The predicted molar refractivity (Wildman–Crippen MR) is 68.6 cm³/mol. The second-order valence-electron chi connectivity index (χ2n) is 3.91. The van der Waals surface area contributed by atoms with Crippen LogP contribution in [0.15, 0.2) is 27.1 Å². The fourth-order valence-corrected chi connectivity index (χ4v) is 2.24. The molecule has 1 fully saturated rings. The molecule has 2 rings (SSSR count). The van der Waals surface area contributed by atoms with Crippen molar-refractivity contribution in [1.82, 2.24) is 9.55 Å². The lowest BCUT2D eigenvalue weighted by Gasteiger charge is -2.15. The van der Waals surface area contributed by atoms with E-state index in [0.29, 0.717) is 0 Å². The lowest BCUT2D eigenvalue weighted by Crippen LogP contribution is -2.28. The Morgan fingerprint density at radius 3 is 2.79 bits per heavy atom. The fourth-order valence-electron chi connectivity index (χ4n) is 1.83. The molecule has 7 nitrogen and oxygen atoms in total. The molecule has 19 heavy (non-hydrogen) atoms. The molecule has 1 saturated heterocycles. The van der Waals surface area contributed by atoms with Crippen molar-refractivity contribution < 1.29 is 14.9 Å². The first-order chi connectivity index (χ1) is 8.95. The number of halogens is 2. The lowest BCUT2D eigenvalue weighted by atomic mass is 10.1. The van der Waals surface area contributed by atoms with Crippen molar-refractivity contribution in [2.45, 2.75) is 18.4 Å². The number of nitrogens with two attached hydrogens (primary N) is 1. The van der Waals surface area contributed by atoms with Gasteiger partial charge in [-0.05, 0) is 6.07 Å². The molecule has 0 radical (unpaired) electrons. The molecule has 1 aliphatic heterocycles. The summed E-state index contributed by atoms with van der Waals surface area (Å²) < 4.78 is 6.21. The molecule has 0 amide bonds. The van der Waals surface area contributed by atoms with Gasteiger partial charge in [-0.1, -0.05) is 23.2 Å². The zero-order valence-corrected chi connectivity index (χ0v) is 11.0. The molecule has 104 valence electrons. The van der Waals surface area contributed by atoms with Crippen molar-refractivity contribution in [3.8, 4) is 0 Å². The largest absolute Gasteiger partial charge is 0.394 e. The van der Waals surface area contributed by atoms with Crippen LogP contribution in [0.4, 0.5) is 5.82 Å². The lowest BCUT2D eigenvalue weighted by molar-refractivity contribution is -0.0447. The van der Waals surface area contributed by atoms with Gasteiger partial charge >= 0.3 is 5.69 Å². The van der Waals surface area contributed by atoms with Crippen LogP contribution in [0.2, 0.25) is 0 Å². The number of aliphatic hydroxyl groups is 2. The molecule has 2 heterocycles. The molecule has 4 N–H and O–H groups in total. The van der Waals surface area contributed by atoms with E-state index >= 15 is 0 Å². The second kappa shape index (κ2) is 5.48. The number of anilines is 1. The zero-order chi connectivity index (χ0) is 14.2. The number of hydrogen-bond acceptors (Lipinski definition) is 6. The number of aromatic nitrogens is 2. The molecule has 3 atom stereocenters. The smallest absolute Gasteiger partial charge is 0.351 e. The minimum Gasteiger partial charge on any atom is -0.394 e. The average Bonchev–Trinajstić information content (AvgIpc) is 2.66. The van der Waals surface area contributed by atoms with Gasteiger partial charge in [0.1, 0.15) is 22.5 Å². The first-order valence-corrected chi connectivity index (χ1v) is 6.05. The van der Waals surface area contributed by atoms with E-state index < -0.39 is 30.7 Å². The van der Waals surface area contributed by atoms with Crippen molar-refractivity contribution in [2.75, 3.05) is 12.3 Å². The predicted octanol–water partition coefficient (Wildman–Crippen LogP) is -0.235. The molecular weight excluding hydrogens is 297 g/mol. The van der Waals surface area contributed by atoms with Gasteiger partial charge in [0.15, 0.2) is 6.23 Å². The molecule has 0 bridgehead atoms. The van der Waals surface area contributed by atoms with Gasteiger partial charge in [-0.2, -0.15) is 4.98 Å². The van der Waals surface area contributed by atoms with Crippen LogP contribution in [0.5, 0.6) is 0 Å². The molecule has 0 aromatic carbocycles. The van der Waals surface area contributed by atoms with Crippen LogP contribution in [-0.4, -0.2) is 38.6 Å². The Morgan fingerprint density at radius 1 is 1.58 bits per heavy atom. The molecule has 0 spiro atoms. The second-order valence-corrected chi connectivity index (χ2v) is 4.86. The summed E-state index contributed by atoms with van der Waals surface area (Å²) in [6, 6.07) is 1.39. The number of aliphatic hydroxyl groups excluding tert-OH is 2. The quantitative estimate of drug-likeness (QED) is 0.696. The van der Waals surface area contributed by atoms with Crippen molar-refractivity contribution >= 4 is 29.0 Å². The molecule has 1 aromatic rings. The molecule has 1 aromatic heterocycles. The summed E-state index contributed by atoms with van der Waals surface area (Å²) in [7, 11) is 0. The Balaban J connectivity index is 2.49. The summed E-state index contributed by atoms with van der Waals surface area (Å²) >= 11 is 11.4. The third kappa shape index (κ3) is 2.60. The Hall–Kier alpha value is -1.12. The highest BCUT2D eigenvalue weighted by Crippen LogP contribution is 2.37. The van der Waals surface area contributed by atoms with E-state index in [1.165, 1.54) is 12.3 Å². The SMILES string of the molecule is Nc1ccn([C@@H]2O[C@H](CO)C(O)C2=C(Cl)Cl)c(=O)n1. The minimum atomic E-state index is -1.20. The first kappa shape index (κ1) is 14.3. The van der Waals surface area contributed by atoms with Crippen molar-refractivity contribution in [2.24, 2.45) is 0 Å². The van der Waals surface area contributed by atoms with E-state index in [2.05, 4.69) is 4.98 Å². The van der Waals surface area contributed by atoms with Crippen LogP contribution in [0, 0.1) is 0 Å². The minimum absolute atomic E-state index is 0.0565. The van der Waals surface area contributed by atoms with Gasteiger partial charge in [0.2, 0.25) is 0 Å². The summed E-state index contributed by atoms with van der Waals surface area (Å²) in [6.07, 6.45) is -1.81. The molecule has 9 heteroatoms. The number of ether oxygens (including phenoxy) is 1. The Bertz CT molecular complexity index is 570. The van der Waals surface area contributed by atoms with Gasteiger partial charge < -0.3 is 20.7 Å². The first-order valence-electron chi connectivity index (χ1n) is 5.29. The van der Waals surface area contributed by atoms with Crippen LogP contribution in [0.3, 0.4) is 0 Å². The maximum Gasteiger partial charge on any atom is 0.351 e. The van der Waals surface area contributed by atoms with Crippen molar-refractivity contribution in [3.63, 3.8) is 0 Å². The topological polar surface area (TPSA) is 111 Å². The summed E-state index contributed by atoms with van der Waals surface area (Å²) in [5, 5.41) is 19.0. The maximum atomic E-state index is 11.7. The Labute approximate surface area is 117 Å². The maximum absolute atomic E-state index is 11.7. The van der Waals surface area contributed by atoms with Gasteiger partial charge in [-0.25, -0.2) is 4.79 Å².